The van der Waals surface area contributed by atoms with Gasteiger partial charge in [-0.3, -0.25) is 10.1 Å². The second-order valence-electron chi connectivity index (χ2n) is 4.30. The molecular formula is C11H12ClFN2O3. The number of hydrogen-bond acceptors (Lipinski definition) is 4. The fourth-order valence-corrected chi connectivity index (χ4v) is 2.17. The maximum Gasteiger partial charge on any atom is 0.313 e. The Morgan fingerprint density at radius 2 is 2.22 bits per heavy atom. The summed E-state index contributed by atoms with van der Waals surface area (Å²) in [4.78, 5) is 10.1. The largest absolute Gasteiger partial charge is 0.483 e. The molecule has 1 aliphatic carbocycles. The quantitative estimate of drug-likeness (QED) is 0.679. The van der Waals surface area contributed by atoms with Gasteiger partial charge in [-0.25, -0.2) is 4.39 Å². The van der Waals surface area contributed by atoms with E-state index in [9.17, 15) is 14.5 Å². The highest BCUT2D eigenvalue weighted by molar-refractivity contribution is 6.31. The summed E-state index contributed by atoms with van der Waals surface area (Å²) in [6.45, 7) is 0. The van der Waals surface area contributed by atoms with Crippen LogP contribution in [0.15, 0.2) is 12.1 Å². The van der Waals surface area contributed by atoms with Gasteiger partial charge in [0.05, 0.1) is 16.0 Å². The van der Waals surface area contributed by atoms with Crippen molar-refractivity contribution < 1.29 is 14.1 Å². The van der Waals surface area contributed by atoms with E-state index < -0.39 is 16.4 Å². The van der Waals surface area contributed by atoms with E-state index in [0.717, 1.165) is 25.0 Å². The lowest BCUT2D eigenvalue weighted by Gasteiger charge is -2.13. The number of benzene rings is 1. The third kappa shape index (κ3) is 2.70. The highest BCUT2D eigenvalue weighted by Crippen LogP contribution is 2.35. The van der Waals surface area contributed by atoms with Gasteiger partial charge in [0.25, 0.3) is 0 Å². The molecule has 1 aliphatic rings. The predicted octanol–water partition coefficient (Wildman–Crippen LogP) is 2.65. The van der Waals surface area contributed by atoms with Crippen LogP contribution in [0.5, 0.6) is 5.75 Å². The third-order valence-corrected chi connectivity index (χ3v) is 3.21. The van der Waals surface area contributed by atoms with Crippen molar-refractivity contribution in [2.45, 2.75) is 31.4 Å². The summed E-state index contributed by atoms with van der Waals surface area (Å²) in [7, 11) is 0. The van der Waals surface area contributed by atoms with Gasteiger partial charge in [-0.2, -0.15) is 0 Å². The van der Waals surface area contributed by atoms with Gasteiger partial charge in [-0.1, -0.05) is 11.6 Å². The van der Waals surface area contributed by atoms with Gasteiger partial charge in [0, 0.05) is 12.1 Å². The van der Waals surface area contributed by atoms with Crippen molar-refractivity contribution in [2.24, 2.45) is 5.73 Å². The Hall–Kier alpha value is -1.40. The van der Waals surface area contributed by atoms with Crippen LogP contribution in [-0.4, -0.2) is 17.1 Å². The molecule has 7 heteroatoms. The van der Waals surface area contributed by atoms with Crippen LogP contribution in [-0.2, 0) is 0 Å². The molecule has 0 spiro atoms. The van der Waals surface area contributed by atoms with Crippen LogP contribution in [0.25, 0.3) is 0 Å². The van der Waals surface area contributed by atoms with Crippen molar-refractivity contribution >= 4 is 17.3 Å². The number of nitro groups is 1. The molecule has 1 aromatic rings. The second kappa shape index (κ2) is 5.07. The molecule has 0 bridgehead atoms. The summed E-state index contributed by atoms with van der Waals surface area (Å²) in [6.07, 6.45) is 1.99. The highest BCUT2D eigenvalue weighted by atomic mass is 35.5. The summed E-state index contributed by atoms with van der Waals surface area (Å²) in [5, 5.41) is 10.6. The molecule has 18 heavy (non-hydrogen) atoms. The first-order valence-corrected chi connectivity index (χ1v) is 5.91. The van der Waals surface area contributed by atoms with Gasteiger partial charge in [-0.05, 0) is 19.3 Å². The number of nitro benzene ring substituents is 1. The van der Waals surface area contributed by atoms with E-state index in [1.807, 2.05) is 0 Å². The number of halogens is 2. The monoisotopic (exact) mass is 274 g/mol. The number of nitrogens with zero attached hydrogens (tertiary/aromatic N) is 1. The summed E-state index contributed by atoms with van der Waals surface area (Å²) in [5.41, 5.74) is 5.31. The van der Waals surface area contributed by atoms with Crippen molar-refractivity contribution in [1.29, 1.82) is 0 Å². The first-order valence-electron chi connectivity index (χ1n) is 5.53. The third-order valence-electron chi connectivity index (χ3n) is 2.92. The van der Waals surface area contributed by atoms with E-state index in [2.05, 4.69) is 0 Å². The zero-order valence-corrected chi connectivity index (χ0v) is 10.2. The van der Waals surface area contributed by atoms with Crippen molar-refractivity contribution in [3.63, 3.8) is 0 Å². The molecule has 0 saturated heterocycles. The van der Waals surface area contributed by atoms with E-state index in [4.69, 9.17) is 22.1 Å². The van der Waals surface area contributed by atoms with Gasteiger partial charge >= 0.3 is 5.69 Å². The van der Waals surface area contributed by atoms with Crippen molar-refractivity contribution in [2.75, 3.05) is 0 Å². The number of rotatable bonds is 3. The van der Waals surface area contributed by atoms with Gasteiger partial charge in [0.2, 0.25) is 0 Å². The van der Waals surface area contributed by atoms with Crippen LogP contribution in [0.4, 0.5) is 10.1 Å². The Labute approximate surface area is 108 Å². The molecule has 0 aliphatic heterocycles. The molecule has 1 fully saturated rings. The average molecular weight is 275 g/mol. The lowest BCUT2D eigenvalue weighted by molar-refractivity contribution is -0.386. The van der Waals surface area contributed by atoms with Crippen molar-refractivity contribution in [3.8, 4) is 5.75 Å². The maximum atomic E-state index is 13.2. The Morgan fingerprint density at radius 3 is 2.78 bits per heavy atom. The molecule has 0 amide bonds. The Kier molecular flexibility index (Phi) is 3.68. The minimum Gasteiger partial charge on any atom is -0.483 e. The summed E-state index contributed by atoms with van der Waals surface area (Å²) in [5.74, 6) is -0.843. The second-order valence-corrected chi connectivity index (χ2v) is 4.71. The summed E-state index contributed by atoms with van der Waals surface area (Å²) >= 11 is 5.60. The Bertz CT molecular complexity index is 484. The average Bonchev–Trinajstić information content (AvgIpc) is 2.68. The molecule has 1 aromatic carbocycles. The smallest absolute Gasteiger partial charge is 0.313 e. The van der Waals surface area contributed by atoms with Gasteiger partial charge in [-0.15, -0.1) is 0 Å². The predicted molar refractivity (Wildman–Crippen MR) is 64.3 cm³/mol. The molecule has 5 nitrogen and oxygen atoms in total. The normalized spacial score (nSPS) is 23.1. The van der Waals surface area contributed by atoms with E-state index >= 15 is 0 Å². The van der Waals surface area contributed by atoms with Crippen LogP contribution < -0.4 is 10.5 Å². The topological polar surface area (TPSA) is 78.4 Å². The van der Waals surface area contributed by atoms with Crippen molar-refractivity contribution in [1.82, 2.24) is 0 Å². The van der Waals surface area contributed by atoms with Crippen LogP contribution in [0.1, 0.15) is 19.3 Å². The first-order chi connectivity index (χ1) is 8.47. The van der Waals surface area contributed by atoms with Crippen LogP contribution >= 0.6 is 11.6 Å². The molecule has 0 aromatic heterocycles. The van der Waals surface area contributed by atoms with Gasteiger partial charge in [0.15, 0.2) is 5.75 Å². The first kappa shape index (κ1) is 13.0. The molecule has 2 rings (SSSR count). The lowest BCUT2D eigenvalue weighted by atomic mass is 10.2. The fraction of sp³-hybridized carbons (Fsp3) is 0.455. The van der Waals surface area contributed by atoms with Crippen LogP contribution in [0.2, 0.25) is 5.02 Å². The highest BCUT2D eigenvalue weighted by Gasteiger charge is 2.27. The van der Waals surface area contributed by atoms with E-state index in [1.165, 1.54) is 0 Å². The maximum absolute atomic E-state index is 13.2. The van der Waals surface area contributed by atoms with Crippen LogP contribution in [0.3, 0.4) is 0 Å². The SMILES string of the molecule is NC1CCC(Oc2cc(Cl)c(F)cc2[N+](=O)[O-])C1. The van der Waals surface area contributed by atoms with E-state index in [-0.39, 0.29) is 22.9 Å². The van der Waals surface area contributed by atoms with E-state index in [0.29, 0.717) is 6.42 Å². The molecular weight excluding hydrogens is 263 g/mol. The number of ether oxygens (including phenoxy) is 1. The molecule has 2 N–H and O–H groups in total. The number of hydrogen-bond donors (Lipinski definition) is 1. The van der Waals surface area contributed by atoms with Gasteiger partial charge in [0.1, 0.15) is 11.9 Å². The number of nitrogens with two attached hydrogens (primary N) is 1. The minimum atomic E-state index is -0.834. The van der Waals surface area contributed by atoms with Crippen LogP contribution in [0, 0.1) is 15.9 Å². The molecule has 1 saturated carbocycles. The zero-order valence-electron chi connectivity index (χ0n) is 9.44. The Balaban J connectivity index is 2.25. The Morgan fingerprint density at radius 1 is 1.50 bits per heavy atom. The molecule has 0 radical (unpaired) electrons. The standard InChI is InChI=1S/C11H12ClFN2O3/c12-8-4-11(10(15(16)17)5-9(8)13)18-7-2-1-6(14)3-7/h4-7H,1-3,14H2. The summed E-state index contributed by atoms with van der Waals surface area (Å²) < 4.78 is 18.7. The molecule has 2 unspecified atom stereocenters. The zero-order chi connectivity index (χ0) is 13.3. The summed E-state index contributed by atoms with van der Waals surface area (Å²) in [6, 6.07) is 1.95. The van der Waals surface area contributed by atoms with E-state index in [1.54, 1.807) is 0 Å². The lowest BCUT2D eigenvalue weighted by Crippen LogP contribution is -2.19. The molecule has 0 heterocycles. The molecule has 2 atom stereocenters. The fourth-order valence-electron chi connectivity index (χ4n) is 2.02. The minimum absolute atomic E-state index is 0.00880. The molecule has 98 valence electrons. The van der Waals surface area contributed by atoms with Crippen molar-refractivity contribution in [3.05, 3.63) is 33.1 Å². The van der Waals surface area contributed by atoms with Gasteiger partial charge < -0.3 is 10.5 Å².